The second kappa shape index (κ2) is 7.04. The molecule has 2 aliphatic carbocycles. The fourth-order valence-electron chi connectivity index (χ4n) is 5.15. The molecule has 2 spiro atoms. The van der Waals surface area contributed by atoms with E-state index in [-0.39, 0.29) is 17.3 Å². The number of nitrogens with two attached hydrogens (primary N) is 1. The third-order valence-corrected chi connectivity index (χ3v) is 6.70. The number of nitrogens with zero attached hydrogens (tertiary/aromatic N) is 3. The molecular weight excluding hydrogens is 360 g/mol. The van der Waals surface area contributed by atoms with Crippen LogP contribution >= 0.6 is 0 Å². The molecule has 1 amide bonds. The van der Waals surface area contributed by atoms with Gasteiger partial charge in [-0.25, -0.2) is 4.99 Å². The zero-order chi connectivity index (χ0) is 20.6. The van der Waals surface area contributed by atoms with Crippen molar-refractivity contribution in [3.8, 4) is 6.07 Å². The Balaban J connectivity index is 1.90. The minimum atomic E-state index is -1.06. The molecule has 0 fully saturated rings. The van der Waals surface area contributed by atoms with Gasteiger partial charge in [0.25, 0.3) is 5.91 Å². The topological polar surface area (TPSA) is 82.5 Å². The lowest BCUT2D eigenvalue weighted by Gasteiger charge is -2.41. The monoisotopic (exact) mass is 386 g/mol. The van der Waals surface area contributed by atoms with Crippen molar-refractivity contribution in [3.63, 3.8) is 0 Å². The lowest BCUT2D eigenvalue weighted by Crippen LogP contribution is -2.49. The summed E-state index contributed by atoms with van der Waals surface area (Å²) in [6.45, 7) is 4.19. The predicted octanol–water partition coefficient (Wildman–Crippen LogP) is 3.72. The van der Waals surface area contributed by atoms with Crippen molar-refractivity contribution in [1.29, 1.82) is 5.26 Å². The highest BCUT2D eigenvalue weighted by Gasteiger charge is 2.65. The molecule has 1 aromatic carbocycles. The fourth-order valence-corrected chi connectivity index (χ4v) is 5.15. The molecule has 5 heteroatoms. The van der Waals surface area contributed by atoms with Gasteiger partial charge in [0.15, 0.2) is 11.5 Å². The lowest BCUT2D eigenvalue weighted by molar-refractivity contribution is -0.135. The number of fused-ring (bicyclic) bond motifs is 3. The molecule has 5 nitrogen and oxygen atoms in total. The summed E-state index contributed by atoms with van der Waals surface area (Å²) in [6, 6.07) is 7.87. The standard InChI is InChI=1S/C24H26N4O/c1-17-8-6-4-3-5-7-12-23(13-11-17)15-19-10-9-18(16-25)14-20(19)24(23)21(29)28(2)22(26)27-24/h3-4,6,8-10,14H,1,5,7,11-13,15H2,2H3,(H2,26,27)/b4-3-,8-6-/t23?,24-/m0/s1. The minimum Gasteiger partial charge on any atom is -0.369 e. The first-order chi connectivity index (χ1) is 13.9. The normalized spacial score (nSPS) is 31.3. The Hall–Kier alpha value is -3.13. The third kappa shape index (κ3) is 2.82. The van der Waals surface area contributed by atoms with Gasteiger partial charge in [0, 0.05) is 12.5 Å². The number of hydrogen-bond acceptors (Lipinski definition) is 4. The number of benzene rings is 1. The summed E-state index contributed by atoms with van der Waals surface area (Å²) in [5, 5.41) is 9.46. The van der Waals surface area contributed by atoms with Gasteiger partial charge in [-0.05, 0) is 61.8 Å². The molecule has 3 aliphatic rings. The van der Waals surface area contributed by atoms with Crippen LogP contribution in [-0.2, 0) is 16.8 Å². The van der Waals surface area contributed by atoms with Gasteiger partial charge in [-0.3, -0.25) is 9.69 Å². The summed E-state index contributed by atoms with van der Waals surface area (Å²) >= 11 is 0. The summed E-state index contributed by atoms with van der Waals surface area (Å²) in [4.78, 5) is 20.0. The van der Waals surface area contributed by atoms with Crippen LogP contribution in [0.25, 0.3) is 0 Å². The first-order valence-electron chi connectivity index (χ1n) is 10.1. The van der Waals surface area contributed by atoms with Crippen molar-refractivity contribution in [1.82, 2.24) is 4.90 Å². The van der Waals surface area contributed by atoms with Crippen molar-refractivity contribution in [2.24, 2.45) is 16.1 Å². The molecule has 2 N–H and O–H groups in total. The number of rotatable bonds is 0. The molecule has 4 rings (SSSR count). The van der Waals surface area contributed by atoms with E-state index in [1.54, 1.807) is 7.05 Å². The van der Waals surface area contributed by atoms with Crippen LogP contribution in [0.2, 0.25) is 0 Å². The molecule has 2 atom stereocenters. The second-order valence-electron chi connectivity index (χ2n) is 8.32. The number of carbonyl (C=O) groups excluding carboxylic acids is 1. The van der Waals surface area contributed by atoms with Crippen LogP contribution in [0, 0.1) is 16.7 Å². The number of aliphatic imine (C=N–C) groups is 1. The van der Waals surface area contributed by atoms with Gasteiger partial charge < -0.3 is 5.73 Å². The van der Waals surface area contributed by atoms with Crippen molar-refractivity contribution in [2.75, 3.05) is 7.05 Å². The second-order valence-corrected chi connectivity index (χ2v) is 8.32. The Kier molecular flexibility index (Phi) is 4.66. The maximum atomic E-state index is 13.7. The quantitative estimate of drug-likeness (QED) is 0.738. The lowest BCUT2D eigenvalue weighted by atomic mass is 9.64. The molecule has 1 aliphatic heterocycles. The average molecular weight is 386 g/mol. The zero-order valence-corrected chi connectivity index (χ0v) is 16.8. The molecule has 0 radical (unpaired) electrons. The summed E-state index contributed by atoms with van der Waals surface area (Å²) < 4.78 is 0. The van der Waals surface area contributed by atoms with Crippen LogP contribution in [-0.4, -0.2) is 23.8 Å². The van der Waals surface area contributed by atoms with Gasteiger partial charge in [-0.15, -0.1) is 0 Å². The van der Waals surface area contributed by atoms with Gasteiger partial charge in [0.05, 0.1) is 11.6 Å². The van der Waals surface area contributed by atoms with Crippen LogP contribution in [0.3, 0.4) is 0 Å². The van der Waals surface area contributed by atoms with Gasteiger partial charge >= 0.3 is 0 Å². The Bertz CT molecular complexity index is 1010. The first-order valence-corrected chi connectivity index (χ1v) is 10.1. The maximum Gasteiger partial charge on any atom is 0.262 e. The minimum absolute atomic E-state index is 0.0876. The molecule has 0 saturated heterocycles. The Morgan fingerprint density at radius 3 is 2.86 bits per heavy atom. The molecule has 1 heterocycles. The van der Waals surface area contributed by atoms with Crippen LogP contribution < -0.4 is 5.73 Å². The van der Waals surface area contributed by atoms with Gasteiger partial charge in [0.2, 0.25) is 0 Å². The SMILES string of the molecule is C=C1/C=C\C=C/CCCC2(CC1)Cc1ccc(C#N)cc1[C@@]21N=C(N)N(C)C1=O. The molecule has 148 valence electrons. The summed E-state index contributed by atoms with van der Waals surface area (Å²) in [6.07, 6.45) is 13.4. The summed E-state index contributed by atoms with van der Waals surface area (Å²) in [5.74, 6) is 0.160. The van der Waals surface area contributed by atoms with Gasteiger partial charge in [0.1, 0.15) is 0 Å². The highest BCUT2D eigenvalue weighted by atomic mass is 16.2. The van der Waals surface area contributed by atoms with Crippen molar-refractivity contribution in [3.05, 3.63) is 71.3 Å². The Morgan fingerprint density at radius 1 is 1.31 bits per heavy atom. The molecule has 0 aromatic heterocycles. The van der Waals surface area contributed by atoms with E-state index in [0.29, 0.717) is 5.56 Å². The van der Waals surface area contributed by atoms with E-state index in [1.165, 1.54) is 4.90 Å². The number of carbonyl (C=O) groups is 1. The van der Waals surface area contributed by atoms with Crippen LogP contribution in [0.5, 0.6) is 0 Å². The highest BCUT2D eigenvalue weighted by molar-refractivity contribution is 6.08. The van der Waals surface area contributed by atoms with Crippen molar-refractivity contribution in [2.45, 2.75) is 44.1 Å². The zero-order valence-electron chi connectivity index (χ0n) is 16.8. The summed E-state index contributed by atoms with van der Waals surface area (Å²) in [7, 11) is 1.69. The number of allylic oxidation sites excluding steroid dienone is 5. The number of amides is 1. The molecule has 1 unspecified atom stereocenters. The van der Waals surface area contributed by atoms with Crippen LogP contribution in [0.1, 0.15) is 48.8 Å². The first kappa shape index (κ1) is 19.2. The van der Waals surface area contributed by atoms with E-state index in [0.717, 1.165) is 55.2 Å². The van der Waals surface area contributed by atoms with E-state index in [9.17, 15) is 10.1 Å². The molecule has 29 heavy (non-hydrogen) atoms. The van der Waals surface area contributed by atoms with Gasteiger partial charge in [-0.2, -0.15) is 5.26 Å². The Labute approximate surface area is 171 Å². The van der Waals surface area contributed by atoms with E-state index < -0.39 is 5.54 Å². The smallest absolute Gasteiger partial charge is 0.262 e. The number of guanidine groups is 1. The van der Waals surface area contributed by atoms with E-state index >= 15 is 0 Å². The number of nitriles is 1. The molecule has 0 bridgehead atoms. The molecular formula is C24H26N4O. The number of likely N-dealkylation sites (N-methyl/N-ethyl adjacent to an activating group) is 1. The van der Waals surface area contributed by atoms with Crippen LogP contribution in [0.15, 0.2) is 59.6 Å². The Morgan fingerprint density at radius 2 is 2.14 bits per heavy atom. The van der Waals surface area contributed by atoms with E-state index in [4.69, 9.17) is 10.7 Å². The van der Waals surface area contributed by atoms with Crippen molar-refractivity contribution >= 4 is 11.9 Å². The predicted molar refractivity (Wildman–Crippen MR) is 114 cm³/mol. The van der Waals surface area contributed by atoms with E-state index in [2.05, 4.69) is 24.8 Å². The van der Waals surface area contributed by atoms with Crippen LogP contribution in [0.4, 0.5) is 0 Å². The largest absolute Gasteiger partial charge is 0.369 e. The highest BCUT2D eigenvalue weighted by Crippen LogP contribution is 2.60. The summed E-state index contributed by atoms with van der Waals surface area (Å²) in [5.41, 5.74) is 8.25. The average Bonchev–Trinajstić information content (AvgIpc) is 3.10. The number of hydrogen-bond donors (Lipinski definition) is 1. The van der Waals surface area contributed by atoms with Crippen molar-refractivity contribution < 1.29 is 4.79 Å². The molecule has 1 aromatic rings. The van der Waals surface area contributed by atoms with E-state index in [1.807, 2.05) is 30.4 Å². The van der Waals surface area contributed by atoms with Gasteiger partial charge in [-0.1, -0.05) is 42.5 Å². The third-order valence-electron chi connectivity index (χ3n) is 6.70. The fraction of sp³-hybridized carbons (Fsp3) is 0.375. The molecule has 0 saturated carbocycles. The maximum absolute atomic E-state index is 13.7.